The van der Waals surface area contributed by atoms with Crippen LogP contribution in [0.2, 0.25) is 0 Å². The van der Waals surface area contributed by atoms with Gasteiger partial charge < -0.3 is 14.8 Å². The maximum Gasteiger partial charge on any atom is 0.416 e. The number of likely N-dealkylation sites (N-methyl/N-ethyl adjacent to an activating group) is 1. The van der Waals surface area contributed by atoms with Crippen LogP contribution in [-0.4, -0.2) is 43.2 Å². The highest BCUT2D eigenvalue weighted by Gasteiger charge is 2.19. The highest BCUT2D eigenvalue weighted by molar-refractivity contribution is 6.20. The van der Waals surface area contributed by atoms with Crippen molar-refractivity contribution >= 4 is 41.9 Å². The molecule has 9 heteroatoms. The van der Waals surface area contributed by atoms with Crippen molar-refractivity contribution in [3.63, 3.8) is 0 Å². The lowest BCUT2D eigenvalue weighted by Crippen LogP contribution is -2.30. The Hall–Kier alpha value is -1.57. The Morgan fingerprint density at radius 1 is 1.50 bits per heavy atom. The number of alkyl halides is 1. The van der Waals surface area contributed by atoms with E-state index >= 15 is 0 Å². The minimum atomic E-state index is -0.749. The van der Waals surface area contributed by atoms with Gasteiger partial charge in [-0.05, 0) is 20.0 Å². The molecule has 1 amide bonds. The molecular weight excluding hydrogens is 333 g/mol. The molecule has 0 aromatic carbocycles. The number of rotatable bonds is 6. The number of hydrogen-bond donors (Lipinski definition) is 1. The number of carbonyl (C=O) groups is 2. The number of hydrogen-bond acceptors (Lipinski definition) is 6. The van der Waals surface area contributed by atoms with Crippen molar-refractivity contribution in [3.05, 3.63) is 23.9 Å². The first kappa shape index (κ1) is 20.4. The Kier molecular flexibility index (Phi) is 9.48. The Bertz CT molecular complexity index is 500. The average Bonchev–Trinajstić information content (AvgIpc) is 2.44. The van der Waals surface area contributed by atoms with E-state index in [0.29, 0.717) is 11.4 Å². The molecule has 0 aliphatic rings. The lowest BCUT2D eigenvalue weighted by molar-refractivity contribution is -0.143. The number of esters is 1. The molecule has 0 fully saturated rings. The van der Waals surface area contributed by atoms with E-state index in [0.717, 1.165) is 0 Å². The molecule has 22 heavy (non-hydrogen) atoms. The molecule has 1 atom stereocenters. The van der Waals surface area contributed by atoms with E-state index in [1.165, 1.54) is 25.1 Å². The smallest absolute Gasteiger partial charge is 0.416 e. The van der Waals surface area contributed by atoms with Crippen molar-refractivity contribution in [3.8, 4) is 0 Å². The topological polar surface area (TPSA) is 80.8 Å². The van der Waals surface area contributed by atoms with Gasteiger partial charge in [-0.15, -0.1) is 12.4 Å². The summed E-state index contributed by atoms with van der Waals surface area (Å²) in [5.74, 6) is -0.0519. The molecule has 1 unspecified atom stereocenters. The van der Waals surface area contributed by atoms with Crippen molar-refractivity contribution < 1.29 is 19.1 Å². The molecule has 1 rings (SSSR count). The van der Waals surface area contributed by atoms with Gasteiger partial charge >= 0.3 is 12.1 Å². The largest absolute Gasteiger partial charge is 0.460 e. The quantitative estimate of drug-likeness (QED) is 0.622. The molecule has 0 bridgehead atoms. The van der Waals surface area contributed by atoms with Crippen molar-refractivity contribution in [2.24, 2.45) is 0 Å². The number of nitrogens with zero attached hydrogens (tertiary/aromatic N) is 2. The van der Waals surface area contributed by atoms with Crippen LogP contribution in [0.15, 0.2) is 18.3 Å². The van der Waals surface area contributed by atoms with Crippen LogP contribution in [0.5, 0.6) is 0 Å². The predicted molar refractivity (Wildman–Crippen MR) is 85.4 cm³/mol. The van der Waals surface area contributed by atoms with Crippen molar-refractivity contribution in [1.82, 2.24) is 10.3 Å². The van der Waals surface area contributed by atoms with Gasteiger partial charge in [-0.1, -0.05) is 17.7 Å². The highest BCUT2D eigenvalue weighted by atomic mass is 35.5. The molecule has 0 aliphatic heterocycles. The minimum Gasteiger partial charge on any atom is -0.460 e. The number of pyridine rings is 1. The van der Waals surface area contributed by atoms with Crippen LogP contribution < -0.4 is 10.2 Å². The summed E-state index contributed by atoms with van der Waals surface area (Å²) in [6, 6.07) is 3.40. The van der Waals surface area contributed by atoms with Gasteiger partial charge in [-0.25, -0.2) is 9.78 Å². The zero-order valence-corrected chi connectivity index (χ0v) is 14.1. The number of halogens is 2. The molecule has 0 spiro atoms. The number of aromatic nitrogens is 1. The van der Waals surface area contributed by atoms with Crippen LogP contribution in [0.3, 0.4) is 0 Å². The number of carbonyl (C=O) groups excluding carboxylic acids is 2. The molecule has 1 N–H and O–H groups in total. The molecule has 124 valence electrons. The van der Waals surface area contributed by atoms with E-state index < -0.39 is 17.6 Å². The van der Waals surface area contributed by atoms with Crippen LogP contribution in [-0.2, 0) is 20.9 Å². The molecule has 1 aromatic rings. The predicted octanol–water partition coefficient (Wildman–Crippen LogP) is 1.92. The van der Waals surface area contributed by atoms with E-state index in [1.807, 2.05) is 0 Å². The molecule has 0 radical (unpaired) electrons. The number of anilines is 1. The zero-order chi connectivity index (χ0) is 15.8. The molecule has 1 aromatic heterocycles. The Morgan fingerprint density at radius 3 is 2.77 bits per heavy atom. The summed E-state index contributed by atoms with van der Waals surface area (Å²) >= 11 is 5.62. The van der Waals surface area contributed by atoms with Crippen LogP contribution >= 0.6 is 24.0 Å². The van der Waals surface area contributed by atoms with Crippen molar-refractivity contribution in [2.75, 3.05) is 25.5 Å². The van der Waals surface area contributed by atoms with Crippen LogP contribution in [0.4, 0.5) is 10.6 Å². The van der Waals surface area contributed by atoms with E-state index in [1.54, 1.807) is 19.2 Å². The third kappa shape index (κ3) is 6.46. The Balaban J connectivity index is 0.00000441. The van der Waals surface area contributed by atoms with Gasteiger partial charge in [-0.2, -0.15) is 0 Å². The summed E-state index contributed by atoms with van der Waals surface area (Å²) in [5, 5.41) is 2.69. The van der Waals surface area contributed by atoms with Gasteiger partial charge in [0.25, 0.3) is 0 Å². The summed E-state index contributed by atoms with van der Waals surface area (Å²) in [4.78, 5) is 28.5. The molecular formula is C13H19Cl2N3O4. The fourth-order valence-electron chi connectivity index (χ4n) is 1.50. The second kappa shape index (κ2) is 10.2. The lowest BCUT2D eigenvalue weighted by Gasteiger charge is -2.19. The number of ether oxygens (including phenoxy) is 2. The monoisotopic (exact) mass is 351 g/mol. The maximum absolute atomic E-state index is 11.8. The second-order valence-corrected chi connectivity index (χ2v) is 4.78. The van der Waals surface area contributed by atoms with Gasteiger partial charge in [0.2, 0.25) is 0 Å². The Morgan fingerprint density at radius 2 is 2.18 bits per heavy atom. The van der Waals surface area contributed by atoms with Gasteiger partial charge in [-0.3, -0.25) is 9.69 Å². The third-order valence-electron chi connectivity index (χ3n) is 2.43. The van der Waals surface area contributed by atoms with Crippen LogP contribution in [0.25, 0.3) is 0 Å². The van der Waals surface area contributed by atoms with E-state index in [9.17, 15) is 9.59 Å². The Labute approximate surface area is 140 Å². The summed E-state index contributed by atoms with van der Waals surface area (Å²) in [6.07, 6.45) is 0.890. The SMILES string of the molecule is CNCC(=O)OCc1cccnc1N(C)C(=O)OC(C)Cl.Cl. The van der Waals surface area contributed by atoms with Crippen LogP contribution in [0.1, 0.15) is 12.5 Å². The average molecular weight is 352 g/mol. The minimum absolute atomic E-state index is 0. The lowest BCUT2D eigenvalue weighted by atomic mass is 10.2. The van der Waals surface area contributed by atoms with Crippen LogP contribution in [0, 0.1) is 0 Å². The van der Waals surface area contributed by atoms with E-state index in [-0.39, 0.29) is 25.6 Å². The van der Waals surface area contributed by atoms with E-state index in [4.69, 9.17) is 21.1 Å². The van der Waals surface area contributed by atoms with Crippen molar-refractivity contribution in [2.45, 2.75) is 19.1 Å². The molecule has 0 saturated heterocycles. The normalized spacial score (nSPS) is 11.1. The maximum atomic E-state index is 11.8. The summed E-state index contributed by atoms with van der Waals surface area (Å²) < 4.78 is 9.95. The summed E-state index contributed by atoms with van der Waals surface area (Å²) in [5.41, 5.74) is -0.163. The summed E-state index contributed by atoms with van der Waals surface area (Å²) in [6.45, 7) is 1.65. The highest BCUT2D eigenvalue weighted by Crippen LogP contribution is 2.18. The van der Waals surface area contributed by atoms with Gasteiger partial charge in [0.05, 0.1) is 6.54 Å². The van der Waals surface area contributed by atoms with Gasteiger partial charge in [0.1, 0.15) is 12.4 Å². The zero-order valence-electron chi connectivity index (χ0n) is 12.5. The second-order valence-electron chi connectivity index (χ2n) is 4.16. The third-order valence-corrected chi connectivity index (χ3v) is 2.52. The first-order valence-corrected chi connectivity index (χ1v) is 6.72. The molecule has 1 heterocycles. The fraction of sp³-hybridized carbons (Fsp3) is 0.462. The first-order chi connectivity index (χ1) is 9.95. The number of amides is 1. The van der Waals surface area contributed by atoms with E-state index in [2.05, 4.69) is 10.3 Å². The van der Waals surface area contributed by atoms with Gasteiger partial charge in [0.15, 0.2) is 5.56 Å². The number of nitrogens with one attached hydrogen (secondary N) is 1. The van der Waals surface area contributed by atoms with Crippen molar-refractivity contribution in [1.29, 1.82) is 0 Å². The van der Waals surface area contributed by atoms with Gasteiger partial charge in [0, 0.05) is 18.8 Å². The molecule has 7 nitrogen and oxygen atoms in total. The summed E-state index contributed by atoms with van der Waals surface area (Å²) in [7, 11) is 3.15. The first-order valence-electron chi connectivity index (χ1n) is 6.28. The fourth-order valence-corrected chi connectivity index (χ4v) is 1.58. The molecule has 0 saturated carbocycles. The molecule has 0 aliphatic carbocycles. The standard InChI is InChI=1S/C13H18ClN3O4.ClH/c1-9(14)21-13(19)17(3)12-10(5-4-6-16-12)8-20-11(18)7-15-2;/h4-6,9,15H,7-8H2,1-3H3;1H.